The minimum absolute atomic E-state index is 0.0681. The Morgan fingerprint density at radius 2 is 1.95 bits per heavy atom. The summed E-state index contributed by atoms with van der Waals surface area (Å²) in [6.45, 7) is 0.237. The summed E-state index contributed by atoms with van der Waals surface area (Å²) < 4.78 is 38.6. The Kier molecular flexibility index (Phi) is 2.65. The van der Waals surface area contributed by atoms with Crippen molar-refractivity contribution in [2.24, 2.45) is 11.8 Å². The highest BCUT2D eigenvalue weighted by atomic mass is 32.2. The lowest BCUT2D eigenvalue weighted by Crippen LogP contribution is -2.43. The van der Waals surface area contributed by atoms with E-state index >= 15 is 0 Å². The van der Waals surface area contributed by atoms with Crippen LogP contribution in [-0.2, 0) is 14.8 Å². The fraction of sp³-hybridized carbons (Fsp3) is 0.417. The average molecular weight is 285 g/mol. The van der Waals surface area contributed by atoms with Crippen LogP contribution in [0.15, 0.2) is 29.2 Å². The minimum Gasteiger partial charge on any atom is -0.480 e. The van der Waals surface area contributed by atoms with Crippen LogP contribution >= 0.6 is 0 Å². The van der Waals surface area contributed by atoms with Crippen LogP contribution in [0, 0.1) is 17.7 Å². The van der Waals surface area contributed by atoms with E-state index < -0.39 is 27.9 Å². The summed E-state index contributed by atoms with van der Waals surface area (Å²) in [5.74, 6) is -1.57. The Balaban J connectivity index is 1.96. The zero-order valence-electron chi connectivity index (χ0n) is 9.86. The largest absolute Gasteiger partial charge is 0.480 e. The molecule has 7 heteroatoms. The number of sulfonamides is 1. The molecule has 19 heavy (non-hydrogen) atoms. The smallest absolute Gasteiger partial charge is 0.322 e. The van der Waals surface area contributed by atoms with E-state index in [1.807, 2.05) is 0 Å². The molecule has 2 fully saturated rings. The van der Waals surface area contributed by atoms with Gasteiger partial charge in [0.15, 0.2) is 0 Å². The Labute approximate surface area is 109 Å². The number of aliphatic carboxylic acids is 1. The Morgan fingerprint density at radius 1 is 1.32 bits per heavy atom. The topological polar surface area (TPSA) is 74.7 Å². The highest BCUT2D eigenvalue weighted by molar-refractivity contribution is 7.89. The fourth-order valence-corrected chi connectivity index (χ4v) is 4.41. The number of rotatable bonds is 3. The van der Waals surface area contributed by atoms with E-state index in [2.05, 4.69) is 0 Å². The highest BCUT2D eigenvalue weighted by Crippen LogP contribution is 2.51. The van der Waals surface area contributed by atoms with Crippen LogP contribution in [0.25, 0.3) is 0 Å². The number of halogens is 1. The molecular weight excluding hydrogens is 273 g/mol. The maximum absolute atomic E-state index is 12.8. The van der Waals surface area contributed by atoms with Gasteiger partial charge in [0.2, 0.25) is 10.0 Å². The quantitative estimate of drug-likeness (QED) is 0.896. The molecule has 5 nitrogen and oxygen atoms in total. The van der Waals surface area contributed by atoms with Crippen molar-refractivity contribution < 1.29 is 22.7 Å². The average Bonchev–Trinajstić information content (AvgIpc) is 2.99. The first-order chi connectivity index (χ1) is 8.91. The number of carboxylic acids is 1. The predicted octanol–water partition coefficient (Wildman–Crippen LogP) is 0.919. The van der Waals surface area contributed by atoms with E-state index in [0.29, 0.717) is 0 Å². The number of fused-ring (bicyclic) bond motifs is 1. The van der Waals surface area contributed by atoms with Gasteiger partial charge < -0.3 is 5.11 Å². The summed E-state index contributed by atoms with van der Waals surface area (Å²) in [7, 11) is -3.87. The van der Waals surface area contributed by atoms with E-state index in [1.54, 1.807) is 0 Å². The van der Waals surface area contributed by atoms with Crippen LogP contribution < -0.4 is 0 Å². The number of benzene rings is 1. The molecule has 1 aromatic carbocycles. The molecule has 1 heterocycles. The third-order valence-corrected chi connectivity index (χ3v) is 5.64. The van der Waals surface area contributed by atoms with Crippen molar-refractivity contribution in [2.75, 3.05) is 6.54 Å². The van der Waals surface area contributed by atoms with Crippen molar-refractivity contribution in [3.63, 3.8) is 0 Å². The van der Waals surface area contributed by atoms with Gasteiger partial charge in [-0.05, 0) is 42.5 Å². The van der Waals surface area contributed by atoms with Crippen molar-refractivity contribution in [3.05, 3.63) is 30.1 Å². The Morgan fingerprint density at radius 3 is 2.53 bits per heavy atom. The van der Waals surface area contributed by atoms with Gasteiger partial charge >= 0.3 is 5.97 Å². The molecule has 3 rings (SSSR count). The van der Waals surface area contributed by atoms with Crippen LogP contribution in [0.3, 0.4) is 0 Å². The molecule has 0 amide bonds. The lowest BCUT2D eigenvalue weighted by molar-refractivity contribution is -0.141. The molecule has 0 bridgehead atoms. The number of carboxylic acid groups (broad SMARTS) is 1. The molecule has 1 N–H and O–H groups in total. The minimum atomic E-state index is -3.87. The molecule has 0 spiro atoms. The fourth-order valence-electron chi connectivity index (χ4n) is 2.72. The van der Waals surface area contributed by atoms with Crippen LogP contribution in [-0.4, -0.2) is 36.4 Å². The molecule has 1 aliphatic heterocycles. The molecule has 0 unspecified atom stereocenters. The molecule has 0 radical (unpaired) electrons. The van der Waals surface area contributed by atoms with E-state index in [1.165, 1.54) is 0 Å². The third kappa shape index (κ3) is 1.93. The molecule has 1 aromatic rings. The van der Waals surface area contributed by atoms with Gasteiger partial charge in [-0.25, -0.2) is 12.8 Å². The number of carbonyl (C=O) groups is 1. The van der Waals surface area contributed by atoms with E-state index in [0.717, 1.165) is 35.0 Å². The normalized spacial score (nSPS) is 30.1. The third-order valence-electron chi connectivity index (χ3n) is 3.78. The molecule has 102 valence electrons. The second-order valence-electron chi connectivity index (χ2n) is 4.97. The molecule has 3 atom stereocenters. The van der Waals surface area contributed by atoms with Gasteiger partial charge in [0.05, 0.1) is 4.90 Å². The van der Waals surface area contributed by atoms with Gasteiger partial charge in [-0.3, -0.25) is 4.79 Å². The van der Waals surface area contributed by atoms with Crippen LogP contribution in [0.2, 0.25) is 0 Å². The molecule has 1 aliphatic carbocycles. The van der Waals surface area contributed by atoms with Gasteiger partial charge in [-0.15, -0.1) is 0 Å². The molecule has 2 aliphatic rings. The second-order valence-corrected chi connectivity index (χ2v) is 6.86. The zero-order valence-corrected chi connectivity index (χ0v) is 10.7. The second kappa shape index (κ2) is 4.01. The standard InChI is InChI=1S/C12H12FNO4S/c13-8-1-3-9(4-2-8)19(17,18)14-6-7-5-10(7)11(14)12(15)16/h1-4,7,10-11H,5-6H2,(H,15,16)/t7-,10+,11+/m1/s1. The summed E-state index contributed by atoms with van der Waals surface area (Å²) in [4.78, 5) is 11.1. The van der Waals surface area contributed by atoms with Crippen molar-refractivity contribution in [1.29, 1.82) is 0 Å². The van der Waals surface area contributed by atoms with Crippen molar-refractivity contribution in [2.45, 2.75) is 17.4 Å². The molecular formula is C12H12FNO4S. The predicted molar refractivity (Wildman–Crippen MR) is 63.3 cm³/mol. The zero-order chi connectivity index (χ0) is 13.8. The first-order valence-corrected chi connectivity index (χ1v) is 7.35. The Bertz CT molecular complexity index is 628. The number of piperidine rings is 1. The van der Waals surface area contributed by atoms with Crippen molar-refractivity contribution in [1.82, 2.24) is 4.31 Å². The molecule has 1 saturated heterocycles. The van der Waals surface area contributed by atoms with Crippen LogP contribution in [0.5, 0.6) is 0 Å². The molecule has 0 aromatic heterocycles. The lowest BCUT2D eigenvalue weighted by atomic mass is 10.2. The monoisotopic (exact) mass is 285 g/mol. The van der Waals surface area contributed by atoms with Crippen molar-refractivity contribution >= 4 is 16.0 Å². The van der Waals surface area contributed by atoms with Crippen molar-refractivity contribution in [3.8, 4) is 0 Å². The van der Waals surface area contributed by atoms with Gasteiger partial charge in [0.25, 0.3) is 0 Å². The summed E-state index contributed by atoms with van der Waals surface area (Å²) in [5.41, 5.74) is 0. The maximum Gasteiger partial charge on any atom is 0.322 e. The van der Waals surface area contributed by atoms with Gasteiger partial charge in [0, 0.05) is 6.54 Å². The number of hydrogen-bond acceptors (Lipinski definition) is 3. The van der Waals surface area contributed by atoms with Crippen LogP contribution in [0.1, 0.15) is 6.42 Å². The number of nitrogens with zero attached hydrogens (tertiary/aromatic N) is 1. The number of hydrogen-bond donors (Lipinski definition) is 1. The van der Waals surface area contributed by atoms with E-state index in [9.17, 15) is 17.6 Å². The first-order valence-electron chi connectivity index (χ1n) is 5.91. The van der Waals surface area contributed by atoms with Crippen LogP contribution in [0.4, 0.5) is 4.39 Å². The SMILES string of the molecule is O=C(O)[C@@H]1[C@H]2C[C@@H]2CN1S(=O)(=O)c1ccc(F)cc1. The maximum atomic E-state index is 12.8. The summed E-state index contributed by atoms with van der Waals surface area (Å²) in [5, 5.41) is 9.17. The van der Waals surface area contributed by atoms with E-state index in [-0.39, 0.29) is 23.3 Å². The summed E-state index contributed by atoms with van der Waals surface area (Å²) >= 11 is 0. The highest BCUT2D eigenvalue weighted by Gasteiger charge is 2.59. The van der Waals surface area contributed by atoms with Gasteiger partial charge in [-0.1, -0.05) is 0 Å². The van der Waals surface area contributed by atoms with Gasteiger partial charge in [-0.2, -0.15) is 4.31 Å². The van der Waals surface area contributed by atoms with Gasteiger partial charge in [0.1, 0.15) is 11.9 Å². The molecule has 1 saturated carbocycles. The first kappa shape index (κ1) is 12.6. The lowest BCUT2D eigenvalue weighted by Gasteiger charge is -2.23. The Hall–Kier alpha value is -1.47. The van der Waals surface area contributed by atoms with E-state index in [4.69, 9.17) is 5.11 Å². The summed E-state index contributed by atoms with van der Waals surface area (Å²) in [6.07, 6.45) is 0.770. The summed E-state index contributed by atoms with van der Waals surface area (Å²) in [6, 6.07) is 3.44.